The molecule has 0 aliphatic rings. The second kappa shape index (κ2) is 5.92. The largest absolute Gasteiger partial charge is 0.456 e. The van der Waals surface area contributed by atoms with E-state index in [1.165, 1.54) is 7.05 Å². The molecule has 6 nitrogen and oxygen atoms in total. The van der Waals surface area contributed by atoms with Crippen molar-refractivity contribution in [3.05, 3.63) is 47.9 Å². The summed E-state index contributed by atoms with van der Waals surface area (Å²) in [7, 11) is 1.54. The molecule has 3 amide bonds. The van der Waals surface area contributed by atoms with Gasteiger partial charge in [-0.2, -0.15) is 0 Å². The van der Waals surface area contributed by atoms with Crippen molar-refractivity contribution in [3.63, 3.8) is 0 Å². The summed E-state index contributed by atoms with van der Waals surface area (Å²) in [5, 5.41) is 7.78. The minimum absolute atomic E-state index is 0.259. The Morgan fingerprint density at radius 1 is 0.950 bits per heavy atom. The maximum absolute atomic E-state index is 11.9. The van der Waals surface area contributed by atoms with Gasteiger partial charge in [0.15, 0.2) is 5.76 Å². The highest BCUT2D eigenvalue weighted by Gasteiger charge is 2.10. The fourth-order valence-corrected chi connectivity index (χ4v) is 1.58. The second-order valence-electron chi connectivity index (χ2n) is 4.15. The molecule has 0 spiro atoms. The SMILES string of the molecule is CNC(=O)Nc1ccc(NC(=O)c2ccc(C)o2)cc1. The van der Waals surface area contributed by atoms with Crippen LogP contribution < -0.4 is 16.0 Å². The van der Waals surface area contributed by atoms with Crippen molar-refractivity contribution in [1.29, 1.82) is 0 Å². The summed E-state index contributed by atoms with van der Waals surface area (Å²) in [6.45, 7) is 1.77. The van der Waals surface area contributed by atoms with E-state index in [1.807, 2.05) is 0 Å². The molecule has 0 aliphatic heterocycles. The molecule has 1 aromatic carbocycles. The van der Waals surface area contributed by atoms with Gasteiger partial charge in [0.25, 0.3) is 5.91 Å². The Morgan fingerprint density at radius 3 is 2.05 bits per heavy atom. The molecular weight excluding hydrogens is 258 g/mol. The lowest BCUT2D eigenvalue weighted by Gasteiger charge is -2.06. The third kappa shape index (κ3) is 3.38. The van der Waals surface area contributed by atoms with Crippen LogP contribution in [0.25, 0.3) is 0 Å². The number of carbonyl (C=O) groups excluding carboxylic acids is 2. The number of hydrogen-bond acceptors (Lipinski definition) is 3. The molecule has 6 heteroatoms. The predicted molar refractivity (Wildman–Crippen MR) is 75.9 cm³/mol. The molecule has 104 valence electrons. The van der Waals surface area contributed by atoms with Gasteiger partial charge < -0.3 is 20.4 Å². The maximum atomic E-state index is 11.9. The summed E-state index contributed by atoms with van der Waals surface area (Å²) in [4.78, 5) is 23.0. The molecule has 2 aromatic rings. The average Bonchev–Trinajstić information content (AvgIpc) is 2.87. The Hall–Kier alpha value is -2.76. The lowest BCUT2D eigenvalue weighted by atomic mass is 10.2. The highest BCUT2D eigenvalue weighted by molar-refractivity contribution is 6.02. The van der Waals surface area contributed by atoms with Crippen LogP contribution in [0.15, 0.2) is 40.8 Å². The Balaban J connectivity index is 2.00. The van der Waals surface area contributed by atoms with Crippen molar-refractivity contribution < 1.29 is 14.0 Å². The van der Waals surface area contributed by atoms with E-state index in [9.17, 15) is 9.59 Å². The summed E-state index contributed by atoms with van der Waals surface area (Å²) in [6.07, 6.45) is 0. The van der Waals surface area contributed by atoms with E-state index >= 15 is 0 Å². The van der Waals surface area contributed by atoms with Crippen LogP contribution in [0, 0.1) is 6.92 Å². The highest BCUT2D eigenvalue weighted by Crippen LogP contribution is 2.15. The van der Waals surface area contributed by atoms with Crippen LogP contribution >= 0.6 is 0 Å². The maximum Gasteiger partial charge on any atom is 0.318 e. The van der Waals surface area contributed by atoms with E-state index < -0.39 is 0 Å². The predicted octanol–water partition coefficient (Wildman–Crippen LogP) is 2.59. The van der Waals surface area contributed by atoms with Gasteiger partial charge in [-0.15, -0.1) is 0 Å². The van der Waals surface area contributed by atoms with E-state index in [0.29, 0.717) is 17.1 Å². The van der Waals surface area contributed by atoms with E-state index in [4.69, 9.17) is 4.42 Å². The number of anilines is 2. The lowest BCUT2D eigenvalue weighted by molar-refractivity contribution is 0.0995. The number of nitrogens with one attached hydrogen (secondary N) is 3. The van der Waals surface area contributed by atoms with Crippen molar-refractivity contribution >= 4 is 23.3 Å². The zero-order chi connectivity index (χ0) is 14.5. The molecule has 0 radical (unpaired) electrons. The first kappa shape index (κ1) is 13.7. The molecule has 0 saturated carbocycles. The topological polar surface area (TPSA) is 83.4 Å². The molecule has 0 atom stereocenters. The van der Waals surface area contributed by atoms with Crippen molar-refractivity contribution in [1.82, 2.24) is 5.32 Å². The second-order valence-corrected chi connectivity index (χ2v) is 4.15. The number of amides is 3. The minimum Gasteiger partial charge on any atom is -0.456 e. The molecule has 0 unspecified atom stereocenters. The van der Waals surface area contributed by atoms with E-state index in [0.717, 1.165) is 0 Å². The number of rotatable bonds is 3. The van der Waals surface area contributed by atoms with Crippen LogP contribution in [0.1, 0.15) is 16.3 Å². The van der Waals surface area contributed by atoms with Crippen LogP contribution in [0.5, 0.6) is 0 Å². The van der Waals surface area contributed by atoms with Crippen molar-refractivity contribution in [3.8, 4) is 0 Å². The number of aryl methyl sites for hydroxylation is 1. The monoisotopic (exact) mass is 273 g/mol. The Bertz CT molecular complexity index is 617. The first-order valence-corrected chi connectivity index (χ1v) is 6.05. The zero-order valence-corrected chi connectivity index (χ0v) is 11.2. The van der Waals surface area contributed by atoms with Crippen LogP contribution in [-0.2, 0) is 0 Å². The van der Waals surface area contributed by atoms with Gasteiger partial charge in [-0.25, -0.2) is 4.79 Å². The van der Waals surface area contributed by atoms with E-state index in [1.54, 1.807) is 43.3 Å². The molecule has 20 heavy (non-hydrogen) atoms. The normalized spacial score (nSPS) is 9.90. The third-order valence-corrected chi connectivity index (χ3v) is 2.59. The molecule has 1 aromatic heterocycles. The summed E-state index contributed by atoms with van der Waals surface area (Å²) in [6, 6.07) is 9.82. The quantitative estimate of drug-likeness (QED) is 0.803. The zero-order valence-electron chi connectivity index (χ0n) is 11.2. The molecular formula is C14H15N3O3. The van der Waals surface area contributed by atoms with Gasteiger partial charge in [0, 0.05) is 18.4 Å². The van der Waals surface area contributed by atoms with Crippen LogP contribution in [0.4, 0.5) is 16.2 Å². The van der Waals surface area contributed by atoms with Gasteiger partial charge in [-0.05, 0) is 43.3 Å². The standard InChI is InChI=1S/C14H15N3O3/c1-9-3-8-12(20-9)13(18)16-10-4-6-11(7-5-10)17-14(19)15-2/h3-8H,1-2H3,(H,16,18)(H2,15,17,19). The number of urea groups is 1. The average molecular weight is 273 g/mol. The summed E-state index contributed by atoms with van der Waals surface area (Å²) >= 11 is 0. The van der Waals surface area contributed by atoms with E-state index in [-0.39, 0.29) is 17.7 Å². The number of carbonyl (C=O) groups is 2. The molecule has 0 fully saturated rings. The van der Waals surface area contributed by atoms with Gasteiger partial charge in [0.2, 0.25) is 0 Å². The number of benzene rings is 1. The summed E-state index contributed by atoms with van der Waals surface area (Å²) in [5.41, 5.74) is 1.25. The van der Waals surface area contributed by atoms with Crippen molar-refractivity contribution in [2.24, 2.45) is 0 Å². The fraction of sp³-hybridized carbons (Fsp3) is 0.143. The van der Waals surface area contributed by atoms with Crippen LogP contribution in [0.3, 0.4) is 0 Å². The van der Waals surface area contributed by atoms with Crippen LogP contribution in [-0.4, -0.2) is 19.0 Å². The fourth-order valence-electron chi connectivity index (χ4n) is 1.58. The van der Waals surface area contributed by atoms with E-state index in [2.05, 4.69) is 16.0 Å². The number of furan rings is 1. The summed E-state index contributed by atoms with van der Waals surface area (Å²) in [5.74, 6) is 0.625. The molecule has 0 aliphatic carbocycles. The van der Waals surface area contributed by atoms with Crippen LogP contribution in [0.2, 0.25) is 0 Å². The highest BCUT2D eigenvalue weighted by atomic mass is 16.3. The first-order chi connectivity index (χ1) is 9.58. The van der Waals surface area contributed by atoms with Gasteiger partial charge in [-0.1, -0.05) is 0 Å². The molecule has 0 saturated heterocycles. The smallest absolute Gasteiger partial charge is 0.318 e. The Labute approximate surface area is 116 Å². The minimum atomic E-state index is -0.315. The molecule has 0 bridgehead atoms. The van der Waals surface area contributed by atoms with Crippen molar-refractivity contribution in [2.45, 2.75) is 6.92 Å². The van der Waals surface area contributed by atoms with Gasteiger partial charge in [-0.3, -0.25) is 4.79 Å². The van der Waals surface area contributed by atoms with Crippen molar-refractivity contribution in [2.75, 3.05) is 17.7 Å². The summed E-state index contributed by atoms with van der Waals surface area (Å²) < 4.78 is 5.23. The third-order valence-electron chi connectivity index (χ3n) is 2.59. The Morgan fingerprint density at radius 2 is 1.55 bits per heavy atom. The molecule has 3 N–H and O–H groups in total. The van der Waals surface area contributed by atoms with Gasteiger partial charge in [0.05, 0.1) is 0 Å². The lowest BCUT2D eigenvalue weighted by Crippen LogP contribution is -2.24. The molecule has 2 rings (SSSR count). The van der Waals surface area contributed by atoms with Gasteiger partial charge >= 0.3 is 6.03 Å². The number of hydrogen-bond donors (Lipinski definition) is 3. The Kier molecular flexibility index (Phi) is 4.05. The first-order valence-electron chi connectivity index (χ1n) is 6.05. The van der Waals surface area contributed by atoms with Gasteiger partial charge in [0.1, 0.15) is 5.76 Å². The molecule has 1 heterocycles.